The largest absolute Gasteiger partial charge is 0.507 e. The van der Waals surface area contributed by atoms with Crippen LogP contribution in [0.4, 0.5) is 0 Å². The van der Waals surface area contributed by atoms with Crippen LogP contribution in [-0.4, -0.2) is 19.2 Å². The summed E-state index contributed by atoms with van der Waals surface area (Å²) in [6.07, 6.45) is 0.480. The first kappa shape index (κ1) is 16.0. The van der Waals surface area contributed by atoms with E-state index in [4.69, 9.17) is 0 Å². The Bertz CT molecular complexity index is 781. The van der Waals surface area contributed by atoms with Crippen molar-refractivity contribution >= 4 is 15.7 Å². The number of para-hydroxylation sites is 1. The minimum Gasteiger partial charge on any atom is -0.507 e. The van der Waals surface area contributed by atoms with Gasteiger partial charge in [0.15, 0.2) is 0 Å². The molecule has 0 aliphatic carbocycles. The van der Waals surface area contributed by atoms with Crippen LogP contribution < -0.4 is 4.83 Å². The van der Waals surface area contributed by atoms with Crippen molar-refractivity contribution in [3.63, 3.8) is 0 Å². The third kappa shape index (κ3) is 3.65. The number of hydrogen-bond acceptors (Lipinski definition) is 4. The van der Waals surface area contributed by atoms with Crippen molar-refractivity contribution in [2.24, 2.45) is 5.10 Å². The predicted molar refractivity (Wildman–Crippen MR) is 86.4 cm³/mol. The lowest BCUT2D eigenvalue weighted by Crippen LogP contribution is -2.20. The predicted octanol–water partition coefficient (Wildman–Crippen LogP) is 2.79. The molecule has 0 saturated heterocycles. The van der Waals surface area contributed by atoms with Crippen molar-refractivity contribution in [3.05, 3.63) is 59.7 Å². The van der Waals surface area contributed by atoms with E-state index in [0.29, 0.717) is 17.7 Å². The maximum absolute atomic E-state index is 12.2. The van der Waals surface area contributed by atoms with Gasteiger partial charge in [-0.3, -0.25) is 0 Å². The minimum atomic E-state index is -3.72. The normalized spacial score (nSPS) is 12.2. The molecule has 0 bridgehead atoms. The number of nitrogens with one attached hydrogen (secondary N) is 1. The Hall–Kier alpha value is -2.34. The summed E-state index contributed by atoms with van der Waals surface area (Å²) in [6, 6.07) is 13.2. The molecule has 0 amide bonds. The lowest BCUT2D eigenvalue weighted by molar-refractivity contribution is 0.474. The molecule has 6 heteroatoms. The van der Waals surface area contributed by atoms with E-state index in [1.54, 1.807) is 30.3 Å². The summed E-state index contributed by atoms with van der Waals surface area (Å²) in [5, 5.41) is 13.8. The lowest BCUT2D eigenvalue weighted by Gasteiger charge is -2.08. The molecule has 116 valence electrons. The van der Waals surface area contributed by atoms with E-state index in [9.17, 15) is 13.5 Å². The summed E-state index contributed by atoms with van der Waals surface area (Å²) >= 11 is 0. The molecule has 2 rings (SSSR count). The van der Waals surface area contributed by atoms with Gasteiger partial charge in [0.2, 0.25) is 0 Å². The molecule has 5 nitrogen and oxygen atoms in total. The number of rotatable bonds is 5. The zero-order valence-corrected chi connectivity index (χ0v) is 13.3. The van der Waals surface area contributed by atoms with Gasteiger partial charge in [-0.2, -0.15) is 18.4 Å². The molecule has 0 saturated carbocycles. The van der Waals surface area contributed by atoms with Crippen LogP contribution in [0.1, 0.15) is 24.5 Å². The zero-order chi connectivity index (χ0) is 16.2. The maximum Gasteiger partial charge on any atom is 0.276 e. The van der Waals surface area contributed by atoms with E-state index in [-0.39, 0.29) is 10.6 Å². The first-order valence-corrected chi connectivity index (χ1v) is 8.35. The summed E-state index contributed by atoms with van der Waals surface area (Å²) in [5.41, 5.74) is 1.95. The monoisotopic (exact) mass is 318 g/mol. The number of sulfonamides is 1. The fourth-order valence-electron chi connectivity index (χ4n) is 1.93. The molecule has 2 N–H and O–H groups in total. The molecule has 0 atom stereocenters. The Balaban J connectivity index is 2.28. The molecule has 0 spiro atoms. The van der Waals surface area contributed by atoms with Crippen molar-refractivity contribution in [3.8, 4) is 5.75 Å². The molecule has 2 aromatic carbocycles. The van der Waals surface area contributed by atoms with E-state index >= 15 is 0 Å². The number of benzene rings is 2. The van der Waals surface area contributed by atoms with Crippen LogP contribution >= 0.6 is 0 Å². The third-order valence-electron chi connectivity index (χ3n) is 3.18. The van der Waals surface area contributed by atoms with Gasteiger partial charge < -0.3 is 5.11 Å². The number of aromatic hydroxyl groups is 1. The molecular formula is C16H18N2O3S. The van der Waals surface area contributed by atoms with Crippen LogP contribution in [0.25, 0.3) is 0 Å². The first-order valence-electron chi connectivity index (χ1n) is 6.87. The smallest absolute Gasteiger partial charge is 0.276 e. The van der Waals surface area contributed by atoms with Crippen molar-refractivity contribution in [2.75, 3.05) is 0 Å². The van der Waals surface area contributed by atoms with Gasteiger partial charge in [-0.25, -0.2) is 0 Å². The highest BCUT2D eigenvalue weighted by Gasteiger charge is 2.14. The van der Waals surface area contributed by atoms with Crippen LogP contribution in [0.3, 0.4) is 0 Å². The second-order valence-corrected chi connectivity index (χ2v) is 6.50. The van der Waals surface area contributed by atoms with Crippen LogP contribution in [0.5, 0.6) is 5.75 Å². The standard InChI is InChI=1S/C16H18N2O3S/c1-3-15(14-6-4-5-7-16(14)19)17-18-22(20,21)13-10-8-12(2)9-11-13/h4-11,18-19H,3H2,1-2H3/b17-15+. The maximum atomic E-state index is 12.2. The average molecular weight is 318 g/mol. The van der Waals surface area contributed by atoms with Gasteiger partial charge >= 0.3 is 0 Å². The third-order valence-corrected chi connectivity index (χ3v) is 4.41. The Morgan fingerprint density at radius 1 is 1.14 bits per heavy atom. The number of nitrogens with zero attached hydrogens (tertiary/aromatic N) is 1. The van der Waals surface area contributed by atoms with Crippen molar-refractivity contribution in [1.82, 2.24) is 4.83 Å². The topological polar surface area (TPSA) is 78.8 Å². The number of aryl methyl sites for hydroxylation is 1. The fourth-order valence-corrected chi connectivity index (χ4v) is 2.76. The van der Waals surface area contributed by atoms with Gasteiger partial charge in [0.05, 0.1) is 10.6 Å². The summed E-state index contributed by atoms with van der Waals surface area (Å²) in [6.45, 7) is 3.72. The van der Waals surface area contributed by atoms with E-state index in [2.05, 4.69) is 9.93 Å². The molecule has 0 heterocycles. The number of phenols is 1. The van der Waals surface area contributed by atoms with Crippen molar-refractivity contribution in [1.29, 1.82) is 0 Å². The SMILES string of the molecule is CC/C(=N\NS(=O)(=O)c1ccc(C)cc1)c1ccccc1O. The molecule has 0 aromatic heterocycles. The minimum absolute atomic E-state index is 0.0673. The number of hydrazone groups is 1. The van der Waals surface area contributed by atoms with Crippen LogP contribution in [0.2, 0.25) is 0 Å². The van der Waals surface area contributed by atoms with Gasteiger partial charge in [0.25, 0.3) is 10.0 Å². The van der Waals surface area contributed by atoms with Gasteiger partial charge in [0, 0.05) is 5.56 Å². The molecule has 0 unspecified atom stereocenters. The van der Waals surface area contributed by atoms with Gasteiger partial charge in [-0.05, 0) is 37.6 Å². The second-order valence-electron chi connectivity index (χ2n) is 4.84. The van der Waals surface area contributed by atoms with Crippen molar-refractivity contribution < 1.29 is 13.5 Å². The molecule has 0 radical (unpaired) electrons. The molecule has 0 aliphatic rings. The lowest BCUT2D eigenvalue weighted by atomic mass is 10.1. The zero-order valence-electron chi connectivity index (χ0n) is 12.4. The Kier molecular flexibility index (Phi) is 4.82. The molecule has 0 fully saturated rings. The molecule has 22 heavy (non-hydrogen) atoms. The Morgan fingerprint density at radius 3 is 2.36 bits per heavy atom. The van der Waals surface area contributed by atoms with E-state index in [1.807, 2.05) is 13.8 Å². The summed E-state index contributed by atoms with van der Waals surface area (Å²) in [7, 11) is -3.72. The first-order chi connectivity index (χ1) is 10.4. The second kappa shape index (κ2) is 6.62. The van der Waals surface area contributed by atoms with Crippen molar-refractivity contribution in [2.45, 2.75) is 25.2 Å². The van der Waals surface area contributed by atoms with E-state index in [0.717, 1.165) is 5.56 Å². The number of phenolic OH excluding ortho intramolecular Hbond substituents is 1. The summed E-state index contributed by atoms with van der Waals surface area (Å²) < 4.78 is 24.4. The quantitative estimate of drug-likeness (QED) is 0.657. The highest BCUT2D eigenvalue weighted by Crippen LogP contribution is 2.18. The average Bonchev–Trinajstić information content (AvgIpc) is 2.50. The highest BCUT2D eigenvalue weighted by molar-refractivity contribution is 7.89. The van der Waals surface area contributed by atoms with Gasteiger partial charge in [-0.15, -0.1) is 0 Å². The van der Waals surface area contributed by atoms with Gasteiger partial charge in [0.1, 0.15) is 5.75 Å². The summed E-state index contributed by atoms with van der Waals surface area (Å²) in [5.74, 6) is 0.0673. The fraction of sp³-hybridized carbons (Fsp3) is 0.188. The Labute approximate surface area is 130 Å². The number of hydrogen-bond donors (Lipinski definition) is 2. The molecular weight excluding hydrogens is 300 g/mol. The Morgan fingerprint density at radius 2 is 1.77 bits per heavy atom. The molecule has 0 aliphatic heterocycles. The van der Waals surface area contributed by atoms with E-state index in [1.165, 1.54) is 18.2 Å². The van der Waals surface area contributed by atoms with E-state index < -0.39 is 10.0 Å². The van der Waals surface area contributed by atoms with Gasteiger partial charge in [-0.1, -0.05) is 36.8 Å². The van der Waals surface area contributed by atoms with Crippen LogP contribution in [-0.2, 0) is 10.0 Å². The van der Waals surface area contributed by atoms with Crippen LogP contribution in [0.15, 0.2) is 58.5 Å². The summed E-state index contributed by atoms with van der Waals surface area (Å²) in [4.78, 5) is 2.37. The highest BCUT2D eigenvalue weighted by atomic mass is 32.2. The molecule has 2 aromatic rings. The van der Waals surface area contributed by atoms with Crippen LogP contribution in [0, 0.1) is 6.92 Å².